The second-order valence-electron chi connectivity index (χ2n) is 8.12. The van der Waals surface area contributed by atoms with Gasteiger partial charge >= 0.3 is 0 Å². The van der Waals surface area contributed by atoms with Crippen molar-refractivity contribution in [3.05, 3.63) is 83.3 Å². The van der Waals surface area contributed by atoms with E-state index in [1.54, 1.807) is 12.1 Å². The van der Waals surface area contributed by atoms with Gasteiger partial charge in [0.2, 0.25) is 0 Å². The Morgan fingerprint density at radius 1 is 1.06 bits per heavy atom. The quantitative estimate of drug-likeness (QED) is 0.501. The van der Waals surface area contributed by atoms with Crippen molar-refractivity contribution in [2.75, 3.05) is 13.2 Å². The van der Waals surface area contributed by atoms with E-state index in [0.29, 0.717) is 42.5 Å². The van der Waals surface area contributed by atoms with Crippen molar-refractivity contribution >= 4 is 17.0 Å². The molecule has 0 bridgehead atoms. The largest absolute Gasteiger partial charge is 0.387 e. The summed E-state index contributed by atoms with van der Waals surface area (Å²) in [6.45, 7) is 0.761. The Morgan fingerprint density at radius 3 is 2.64 bits per heavy atom. The van der Waals surface area contributed by atoms with Crippen molar-refractivity contribution in [3.8, 4) is 0 Å². The van der Waals surface area contributed by atoms with Gasteiger partial charge in [0.05, 0.1) is 18.2 Å². The number of nitrogens with one attached hydrogen (secondary N) is 1. The monoisotopic (exact) mass is 458 g/mol. The van der Waals surface area contributed by atoms with Crippen molar-refractivity contribution < 1.29 is 28.1 Å². The van der Waals surface area contributed by atoms with Gasteiger partial charge in [-0.05, 0) is 60.9 Å². The van der Waals surface area contributed by atoms with Crippen LogP contribution in [0.1, 0.15) is 30.1 Å². The van der Waals surface area contributed by atoms with Gasteiger partial charge in [0.1, 0.15) is 29.7 Å². The maximum Gasteiger partial charge on any atom is 0.130 e. The maximum atomic E-state index is 13.7. The van der Waals surface area contributed by atoms with Gasteiger partial charge in [-0.2, -0.15) is 0 Å². The van der Waals surface area contributed by atoms with Crippen molar-refractivity contribution in [2.45, 2.75) is 37.2 Å². The predicted molar refractivity (Wildman–Crippen MR) is 119 cm³/mol. The second kappa shape index (κ2) is 10.4. The highest BCUT2D eigenvalue weighted by Crippen LogP contribution is 2.30. The molecule has 174 valence electrons. The molecule has 0 radical (unpaired) electrons. The Kier molecular flexibility index (Phi) is 7.39. The van der Waals surface area contributed by atoms with E-state index in [2.05, 4.69) is 10.3 Å². The number of aliphatic hydroxyl groups is 2. The number of hydrogen-bond acceptors (Lipinski definition) is 5. The standard InChI is InChI=1S/C25H25F3N2O3/c26-16-3-6-21(28)15(12-16)2-1-10-29-18-5-8-23(33-14-18)25(32)24(31)19-9-11-30-22-7-4-17(27)13-20(19)22/h1-4,6-7,9,11-13,18,23-25,29,31-32H,5,8,10,14H2/t18-,23+,24+,25-/m0/s1. The van der Waals surface area contributed by atoms with Crippen molar-refractivity contribution in [1.29, 1.82) is 0 Å². The number of ether oxygens (including phenoxy) is 1. The molecule has 3 aromatic rings. The van der Waals surface area contributed by atoms with E-state index in [1.165, 1.54) is 30.5 Å². The van der Waals surface area contributed by atoms with Gasteiger partial charge < -0.3 is 20.3 Å². The summed E-state index contributed by atoms with van der Waals surface area (Å²) in [5, 5.41) is 25.2. The van der Waals surface area contributed by atoms with E-state index in [1.807, 2.05) is 0 Å². The van der Waals surface area contributed by atoms with Crippen LogP contribution in [0.25, 0.3) is 17.0 Å². The second-order valence-corrected chi connectivity index (χ2v) is 8.12. The highest BCUT2D eigenvalue weighted by atomic mass is 19.1. The summed E-state index contributed by atoms with van der Waals surface area (Å²) < 4.78 is 46.3. The fourth-order valence-corrected chi connectivity index (χ4v) is 4.05. The summed E-state index contributed by atoms with van der Waals surface area (Å²) in [5.74, 6) is -1.44. The molecule has 0 spiro atoms. The average Bonchev–Trinajstić information content (AvgIpc) is 2.83. The molecule has 0 amide bonds. The van der Waals surface area contributed by atoms with E-state index in [9.17, 15) is 23.4 Å². The van der Waals surface area contributed by atoms with Crippen LogP contribution in [0.4, 0.5) is 13.2 Å². The van der Waals surface area contributed by atoms with Crippen LogP contribution < -0.4 is 5.32 Å². The SMILES string of the molecule is O[C@H]([C@H](O)c1ccnc2ccc(F)cc12)[C@H]1CC[C@H](NCC=Cc2cc(F)ccc2F)CO1. The molecule has 0 saturated carbocycles. The van der Waals surface area contributed by atoms with Gasteiger partial charge in [0, 0.05) is 29.7 Å². The first-order chi connectivity index (χ1) is 15.9. The number of benzene rings is 2. The predicted octanol–water partition coefficient (Wildman–Crippen LogP) is 3.90. The molecule has 1 aliphatic heterocycles. The van der Waals surface area contributed by atoms with E-state index >= 15 is 0 Å². The zero-order valence-electron chi connectivity index (χ0n) is 17.8. The molecule has 1 fully saturated rings. The number of fused-ring (bicyclic) bond motifs is 1. The summed E-state index contributed by atoms with van der Waals surface area (Å²) in [7, 11) is 0. The Labute approximate surface area is 189 Å². The number of halogens is 3. The third-order valence-electron chi connectivity index (χ3n) is 5.85. The summed E-state index contributed by atoms with van der Waals surface area (Å²) in [6.07, 6.45) is 2.92. The molecule has 1 aromatic heterocycles. The van der Waals surface area contributed by atoms with Gasteiger partial charge in [-0.15, -0.1) is 0 Å². The lowest BCUT2D eigenvalue weighted by Gasteiger charge is -2.34. The van der Waals surface area contributed by atoms with Crippen LogP contribution in [0.3, 0.4) is 0 Å². The minimum Gasteiger partial charge on any atom is -0.387 e. The number of aliphatic hydroxyl groups excluding tert-OH is 2. The Hall–Kier alpha value is -2.78. The lowest BCUT2D eigenvalue weighted by Crippen LogP contribution is -2.45. The van der Waals surface area contributed by atoms with Gasteiger partial charge in [0.25, 0.3) is 0 Å². The van der Waals surface area contributed by atoms with Crippen molar-refractivity contribution in [1.82, 2.24) is 10.3 Å². The first kappa shape index (κ1) is 23.4. The number of hydrogen-bond donors (Lipinski definition) is 3. The maximum absolute atomic E-state index is 13.7. The molecule has 1 saturated heterocycles. The van der Waals surface area contributed by atoms with E-state index < -0.39 is 35.8 Å². The van der Waals surface area contributed by atoms with Crippen molar-refractivity contribution in [3.63, 3.8) is 0 Å². The summed E-state index contributed by atoms with van der Waals surface area (Å²) in [6, 6.07) is 8.98. The lowest BCUT2D eigenvalue weighted by molar-refractivity contribution is -0.113. The summed E-state index contributed by atoms with van der Waals surface area (Å²) in [5.41, 5.74) is 1.10. The third-order valence-corrected chi connectivity index (χ3v) is 5.85. The average molecular weight is 458 g/mol. The minimum atomic E-state index is -1.25. The first-order valence-corrected chi connectivity index (χ1v) is 10.8. The minimum absolute atomic E-state index is 0.0171. The van der Waals surface area contributed by atoms with Crippen LogP contribution in [0, 0.1) is 17.5 Å². The molecule has 0 unspecified atom stereocenters. The molecule has 33 heavy (non-hydrogen) atoms. The molecular weight excluding hydrogens is 433 g/mol. The Morgan fingerprint density at radius 2 is 1.85 bits per heavy atom. The van der Waals surface area contributed by atoms with Crippen LogP contribution in [0.15, 0.2) is 54.7 Å². The normalized spacial score (nSPS) is 20.9. The Balaban J connectivity index is 1.30. The first-order valence-electron chi connectivity index (χ1n) is 10.8. The third kappa shape index (κ3) is 5.59. The molecule has 4 rings (SSSR count). The summed E-state index contributed by atoms with van der Waals surface area (Å²) in [4.78, 5) is 4.17. The van der Waals surface area contributed by atoms with Crippen LogP contribution >= 0.6 is 0 Å². The van der Waals surface area contributed by atoms with Gasteiger partial charge in [0.15, 0.2) is 0 Å². The van der Waals surface area contributed by atoms with E-state index in [4.69, 9.17) is 4.74 Å². The highest BCUT2D eigenvalue weighted by molar-refractivity contribution is 5.82. The van der Waals surface area contributed by atoms with Crippen LogP contribution in [-0.2, 0) is 4.74 Å². The fourth-order valence-electron chi connectivity index (χ4n) is 4.05. The lowest BCUT2D eigenvalue weighted by atomic mass is 9.93. The molecule has 3 N–H and O–H groups in total. The number of rotatable bonds is 7. The van der Waals surface area contributed by atoms with E-state index in [-0.39, 0.29) is 11.6 Å². The van der Waals surface area contributed by atoms with Crippen LogP contribution in [0.2, 0.25) is 0 Å². The molecule has 8 heteroatoms. The smallest absolute Gasteiger partial charge is 0.130 e. The summed E-state index contributed by atoms with van der Waals surface area (Å²) >= 11 is 0. The topological polar surface area (TPSA) is 74.6 Å². The van der Waals surface area contributed by atoms with Gasteiger partial charge in [-0.1, -0.05) is 12.2 Å². The van der Waals surface area contributed by atoms with Crippen LogP contribution in [-0.4, -0.2) is 46.6 Å². The zero-order chi connectivity index (χ0) is 23.4. The molecule has 4 atom stereocenters. The van der Waals surface area contributed by atoms with Crippen LogP contribution in [0.5, 0.6) is 0 Å². The van der Waals surface area contributed by atoms with E-state index in [0.717, 1.165) is 18.2 Å². The molecule has 0 aliphatic carbocycles. The number of aromatic nitrogens is 1. The van der Waals surface area contributed by atoms with Crippen molar-refractivity contribution in [2.24, 2.45) is 0 Å². The molecule has 1 aliphatic rings. The Bertz CT molecular complexity index is 1130. The molecule has 2 aromatic carbocycles. The molecule has 5 nitrogen and oxygen atoms in total. The molecular formula is C25H25F3N2O3. The number of nitrogens with zero attached hydrogens (tertiary/aromatic N) is 1. The number of pyridine rings is 1. The van der Waals surface area contributed by atoms with Gasteiger partial charge in [-0.25, -0.2) is 13.2 Å². The fraction of sp³-hybridized carbons (Fsp3) is 0.320. The zero-order valence-corrected chi connectivity index (χ0v) is 17.8. The van der Waals surface area contributed by atoms with Gasteiger partial charge in [-0.3, -0.25) is 4.98 Å². The molecule has 2 heterocycles. The highest BCUT2D eigenvalue weighted by Gasteiger charge is 2.33.